The second-order valence-corrected chi connectivity index (χ2v) is 10.4. The van der Waals surface area contributed by atoms with Crippen LogP contribution >= 0.6 is 0 Å². The Morgan fingerprint density at radius 2 is 1.08 bits per heavy atom. The number of hydrogen-bond donors (Lipinski definition) is 0. The number of para-hydroxylation sites is 1. The molecule has 2 heterocycles. The van der Waals surface area contributed by atoms with Crippen molar-refractivity contribution in [2.75, 3.05) is 0 Å². The molecule has 184 valence electrons. The number of rotatable bonds is 3. The predicted octanol–water partition coefficient (Wildman–Crippen LogP) is 9.28. The Balaban J connectivity index is 1.45. The molecule has 0 radical (unpaired) electrons. The Kier molecular flexibility index (Phi) is 4.99. The largest absolute Gasteiger partial charge is 0.309 e. The fraction of sp³-hybridized carbons (Fsp3) is 0.0541. The van der Waals surface area contributed by atoms with E-state index in [1.807, 2.05) is 0 Å². The molecule has 1 aliphatic rings. The number of fused-ring (bicyclic) bond motifs is 6. The number of hydrogen-bond acceptors (Lipinski definition) is 1. The molecule has 2 heteroatoms. The first-order valence-corrected chi connectivity index (χ1v) is 13.6. The summed E-state index contributed by atoms with van der Waals surface area (Å²) in [4.78, 5) is 5.13. The van der Waals surface area contributed by atoms with Gasteiger partial charge in [-0.15, -0.1) is 0 Å². The Labute approximate surface area is 227 Å². The summed E-state index contributed by atoms with van der Waals surface area (Å²) in [5, 5.41) is 2.59. The summed E-state index contributed by atoms with van der Waals surface area (Å²) in [6, 6.07) is 48.0. The van der Waals surface area contributed by atoms with Gasteiger partial charge in [-0.1, -0.05) is 103 Å². The van der Waals surface area contributed by atoms with E-state index in [2.05, 4.69) is 138 Å². The van der Waals surface area contributed by atoms with E-state index < -0.39 is 0 Å². The van der Waals surface area contributed by atoms with Crippen LogP contribution in [-0.4, -0.2) is 9.55 Å². The molecule has 0 bridgehead atoms. The molecule has 8 rings (SSSR count). The van der Waals surface area contributed by atoms with Gasteiger partial charge in [0.1, 0.15) is 0 Å². The van der Waals surface area contributed by atoms with Crippen molar-refractivity contribution in [2.24, 2.45) is 0 Å². The van der Waals surface area contributed by atoms with Crippen molar-refractivity contribution in [3.05, 3.63) is 145 Å². The minimum atomic E-state index is 0.973. The monoisotopic (exact) mass is 498 g/mol. The van der Waals surface area contributed by atoms with Crippen molar-refractivity contribution in [3.63, 3.8) is 0 Å². The summed E-state index contributed by atoms with van der Waals surface area (Å²) in [5.41, 5.74) is 13.3. The molecule has 0 atom stereocenters. The highest BCUT2D eigenvalue weighted by atomic mass is 15.0. The van der Waals surface area contributed by atoms with Gasteiger partial charge < -0.3 is 4.57 Å². The zero-order chi connectivity index (χ0) is 25.8. The molecule has 39 heavy (non-hydrogen) atoms. The lowest BCUT2D eigenvalue weighted by molar-refractivity contribution is 0.944. The average molecular weight is 499 g/mol. The van der Waals surface area contributed by atoms with Gasteiger partial charge in [0.25, 0.3) is 0 Å². The highest BCUT2D eigenvalue weighted by Crippen LogP contribution is 2.41. The Morgan fingerprint density at radius 1 is 0.462 bits per heavy atom. The molecule has 0 aliphatic heterocycles. The maximum absolute atomic E-state index is 5.13. The maximum atomic E-state index is 5.13. The van der Waals surface area contributed by atoms with E-state index in [0.717, 1.165) is 41.0 Å². The highest BCUT2D eigenvalue weighted by molar-refractivity contribution is 6.11. The molecule has 0 saturated heterocycles. The van der Waals surface area contributed by atoms with Gasteiger partial charge in [-0.2, -0.15) is 0 Å². The van der Waals surface area contributed by atoms with Crippen LogP contribution in [0.5, 0.6) is 0 Å². The van der Waals surface area contributed by atoms with Crippen LogP contribution < -0.4 is 0 Å². The third-order valence-corrected chi connectivity index (χ3v) is 8.08. The Bertz CT molecular complexity index is 1940. The normalized spacial score (nSPS) is 12.4. The van der Waals surface area contributed by atoms with Gasteiger partial charge in [0.05, 0.1) is 28.1 Å². The summed E-state index contributed by atoms with van der Waals surface area (Å²) < 4.78 is 2.43. The Morgan fingerprint density at radius 3 is 1.82 bits per heavy atom. The molecule has 5 aromatic carbocycles. The molecular formula is C37H26N2. The smallest absolute Gasteiger partial charge is 0.0730 e. The van der Waals surface area contributed by atoms with Crippen LogP contribution in [0.4, 0.5) is 0 Å². The fourth-order valence-electron chi connectivity index (χ4n) is 6.22. The van der Waals surface area contributed by atoms with Gasteiger partial charge in [-0.25, -0.2) is 4.98 Å². The zero-order valence-electron chi connectivity index (χ0n) is 21.5. The number of benzene rings is 5. The van der Waals surface area contributed by atoms with Gasteiger partial charge in [0, 0.05) is 21.9 Å². The van der Waals surface area contributed by atoms with Crippen LogP contribution in [0.2, 0.25) is 0 Å². The number of aromatic nitrogens is 2. The average Bonchev–Trinajstić information content (AvgIpc) is 3.34. The first kappa shape index (κ1) is 22.1. The molecule has 2 nitrogen and oxygen atoms in total. The van der Waals surface area contributed by atoms with E-state index in [0.29, 0.717) is 0 Å². The summed E-state index contributed by atoms with van der Waals surface area (Å²) >= 11 is 0. The van der Waals surface area contributed by atoms with Crippen LogP contribution in [0.1, 0.15) is 11.1 Å². The van der Waals surface area contributed by atoms with Crippen LogP contribution in [0.3, 0.4) is 0 Å². The predicted molar refractivity (Wildman–Crippen MR) is 162 cm³/mol. The lowest BCUT2D eigenvalue weighted by Gasteiger charge is -2.20. The van der Waals surface area contributed by atoms with Crippen molar-refractivity contribution >= 4 is 21.8 Å². The molecule has 0 spiro atoms. The molecule has 1 aliphatic carbocycles. The number of pyridine rings is 1. The molecule has 0 fully saturated rings. The summed E-state index contributed by atoms with van der Waals surface area (Å²) in [6.07, 6.45) is 2.17. The van der Waals surface area contributed by atoms with E-state index in [9.17, 15) is 0 Å². The number of aryl methyl sites for hydroxylation is 2. The molecule has 0 N–H and O–H groups in total. The fourth-order valence-corrected chi connectivity index (χ4v) is 6.22. The standard InChI is InChI=1S/C37H26N2/c1-3-12-26(13-4-1)34-22-29(23-35(38-34)27-14-5-2-6-15-27)39-36-18-10-9-17-31(36)33-21-28-20-19-25-11-7-8-16-30(25)32(28)24-37(33)39/h1-18,21-24H,19-20H2. The minimum absolute atomic E-state index is 0.973. The first-order chi connectivity index (χ1) is 19.3. The van der Waals surface area contributed by atoms with Gasteiger partial charge >= 0.3 is 0 Å². The maximum Gasteiger partial charge on any atom is 0.0730 e. The molecule has 0 saturated carbocycles. The van der Waals surface area contributed by atoms with Crippen molar-refractivity contribution < 1.29 is 0 Å². The van der Waals surface area contributed by atoms with Crippen LogP contribution in [0, 0.1) is 0 Å². The van der Waals surface area contributed by atoms with Gasteiger partial charge in [0.15, 0.2) is 0 Å². The van der Waals surface area contributed by atoms with Crippen LogP contribution in [0.15, 0.2) is 133 Å². The first-order valence-electron chi connectivity index (χ1n) is 13.6. The van der Waals surface area contributed by atoms with Crippen molar-refractivity contribution in [1.82, 2.24) is 9.55 Å². The minimum Gasteiger partial charge on any atom is -0.309 e. The molecule has 0 amide bonds. The van der Waals surface area contributed by atoms with Crippen molar-refractivity contribution in [1.29, 1.82) is 0 Å². The molecule has 2 aromatic heterocycles. The topological polar surface area (TPSA) is 17.8 Å². The second-order valence-electron chi connectivity index (χ2n) is 10.4. The van der Waals surface area contributed by atoms with E-state index in [1.54, 1.807) is 0 Å². The lowest BCUT2D eigenvalue weighted by Crippen LogP contribution is -2.04. The molecular weight excluding hydrogens is 472 g/mol. The van der Waals surface area contributed by atoms with Gasteiger partial charge in [-0.3, -0.25) is 0 Å². The Hall–Kier alpha value is -4.95. The van der Waals surface area contributed by atoms with Crippen molar-refractivity contribution in [3.8, 4) is 39.3 Å². The zero-order valence-corrected chi connectivity index (χ0v) is 21.5. The van der Waals surface area contributed by atoms with Crippen molar-refractivity contribution in [2.45, 2.75) is 12.8 Å². The van der Waals surface area contributed by atoms with Crippen LogP contribution in [-0.2, 0) is 12.8 Å². The summed E-state index contributed by atoms with van der Waals surface area (Å²) in [6.45, 7) is 0. The molecule has 7 aromatic rings. The van der Waals surface area contributed by atoms with E-state index in [4.69, 9.17) is 4.98 Å². The molecule has 0 unspecified atom stereocenters. The van der Waals surface area contributed by atoms with Crippen LogP contribution in [0.25, 0.3) is 61.1 Å². The second kappa shape index (κ2) is 8.82. The quantitative estimate of drug-likeness (QED) is 0.237. The van der Waals surface area contributed by atoms with Gasteiger partial charge in [-0.05, 0) is 65.4 Å². The lowest BCUT2D eigenvalue weighted by atomic mass is 9.85. The summed E-state index contributed by atoms with van der Waals surface area (Å²) in [5.74, 6) is 0. The third-order valence-electron chi connectivity index (χ3n) is 8.08. The van der Waals surface area contributed by atoms with E-state index in [-0.39, 0.29) is 0 Å². The van der Waals surface area contributed by atoms with E-state index in [1.165, 1.54) is 44.1 Å². The van der Waals surface area contributed by atoms with E-state index >= 15 is 0 Å². The van der Waals surface area contributed by atoms with Gasteiger partial charge in [0.2, 0.25) is 0 Å². The summed E-state index contributed by atoms with van der Waals surface area (Å²) in [7, 11) is 0. The number of nitrogens with zero attached hydrogens (tertiary/aromatic N) is 2. The highest BCUT2D eigenvalue weighted by Gasteiger charge is 2.21. The third kappa shape index (κ3) is 3.60. The SMILES string of the molecule is c1ccc(-c2cc(-n3c4ccccc4c4cc5c(cc43)-c3ccccc3CC5)cc(-c3ccccc3)n2)cc1.